The van der Waals surface area contributed by atoms with E-state index in [-0.39, 0.29) is 22.3 Å². The van der Waals surface area contributed by atoms with Gasteiger partial charge in [0.15, 0.2) is 10.6 Å². The lowest BCUT2D eigenvalue weighted by atomic mass is 9.81. The van der Waals surface area contributed by atoms with Crippen LogP contribution in [-0.4, -0.2) is 37.1 Å². The van der Waals surface area contributed by atoms with Crippen molar-refractivity contribution in [2.24, 2.45) is 5.92 Å². The fourth-order valence-electron chi connectivity index (χ4n) is 5.85. The summed E-state index contributed by atoms with van der Waals surface area (Å²) < 4.78 is 34.0. The van der Waals surface area contributed by atoms with Gasteiger partial charge in [-0.3, -0.25) is 4.31 Å². The van der Waals surface area contributed by atoms with Gasteiger partial charge in [0, 0.05) is 32.0 Å². The van der Waals surface area contributed by atoms with E-state index >= 15 is 0 Å². The minimum atomic E-state index is -3.90. The van der Waals surface area contributed by atoms with Crippen LogP contribution < -0.4 is 4.31 Å². The minimum Gasteiger partial charge on any atom is -0.507 e. The molecule has 2 heterocycles. The van der Waals surface area contributed by atoms with Gasteiger partial charge in [0.1, 0.15) is 5.76 Å². The van der Waals surface area contributed by atoms with Gasteiger partial charge in [0.05, 0.1) is 11.3 Å². The zero-order valence-electron chi connectivity index (χ0n) is 23.3. The summed E-state index contributed by atoms with van der Waals surface area (Å²) in [5, 5.41) is 11.9. The van der Waals surface area contributed by atoms with Crippen LogP contribution in [0.4, 0.5) is 5.69 Å². The molecule has 1 aromatic heterocycles. The number of hydrogen-bond acceptors (Lipinski definition) is 6. The Morgan fingerprint density at radius 2 is 1.52 bits per heavy atom. The van der Waals surface area contributed by atoms with Gasteiger partial charge < -0.3 is 9.84 Å². The molecule has 0 bridgehead atoms. The topological polar surface area (TPSA) is 96.8 Å². The number of benzene rings is 3. The molecule has 0 saturated heterocycles. The van der Waals surface area contributed by atoms with Gasteiger partial charge in [0.25, 0.3) is 10.0 Å². The van der Waals surface area contributed by atoms with Crippen molar-refractivity contribution < 1.29 is 23.1 Å². The Kier molecular flexibility index (Phi) is 7.33. The number of hydrogen-bond donors (Lipinski definition) is 1. The molecular formula is C34H32N2O5S. The highest BCUT2D eigenvalue weighted by Gasteiger charge is 2.52. The van der Waals surface area contributed by atoms with E-state index in [4.69, 9.17) is 4.74 Å². The molecule has 3 aromatic carbocycles. The number of sulfonamides is 1. The van der Waals surface area contributed by atoms with Gasteiger partial charge in [-0.25, -0.2) is 9.78 Å². The van der Waals surface area contributed by atoms with Crippen LogP contribution in [0.3, 0.4) is 0 Å². The number of aliphatic hydroxyl groups is 1. The third-order valence-electron chi connectivity index (χ3n) is 8.12. The number of carbonyl (C=O) groups excluding carboxylic acids is 1. The zero-order valence-corrected chi connectivity index (χ0v) is 24.1. The van der Waals surface area contributed by atoms with Crippen LogP contribution in [0.2, 0.25) is 0 Å². The molecule has 214 valence electrons. The summed E-state index contributed by atoms with van der Waals surface area (Å²) in [4.78, 5) is 17.8. The largest absolute Gasteiger partial charge is 0.507 e. The quantitative estimate of drug-likeness (QED) is 0.231. The molecule has 1 atom stereocenters. The maximum Gasteiger partial charge on any atom is 0.339 e. The molecule has 1 aliphatic carbocycles. The molecule has 8 heteroatoms. The van der Waals surface area contributed by atoms with Gasteiger partial charge in [-0.2, -0.15) is 8.42 Å². The number of pyridine rings is 1. The average Bonchev–Trinajstić information content (AvgIpc) is 3.82. The van der Waals surface area contributed by atoms with E-state index in [2.05, 4.69) is 4.98 Å². The van der Waals surface area contributed by atoms with E-state index < -0.39 is 27.5 Å². The smallest absolute Gasteiger partial charge is 0.339 e. The predicted octanol–water partition coefficient (Wildman–Crippen LogP) is 5.99. The molecule has 1 unspecified atom stereocenters. The first-order valence-electron chi connectivity index (χ1n) is 14.0. The lowest BCUT2D eigenvalue weighted by molar-refractivity contribution is -0.148. The maximum atomic E-state index is 13.7. The Labute approximate surface area is 246 Å². The van der Waals surface area contributed by atoms with E-state index in [1.165, 1.54) is 23.6 Å². The molecule has 1 N–H and O–H groups in total. The first-order valence-corrected chi connectivity index (χ1v) is 15.5. The number of nitrogens with zero attached hydrogens (tertiary/aromatic N) is 2. The lowest BCUT2D eigenvalue weighted by Crippen LogP contribution is -2.37. The van der Waals surface area contributed by atoms with Gasteiger partial charge in [-0.05, 0) is 59.7 Å². The van der Waals surface area contributed by atoms with Crippen LogP contribution in [0, 0.1) is 5.92 Å². The monoisotopic (exact) mass is 580 g/mol. The Morgan fingerprint density at radius 3 is 2.10 bits per heavy atom. The zero-order chi connectivity index (χ0) is 29.3. The number of carbonyl (C=O) groups is 1. The predicted molar refractivity (Wildman–Crippen MR) is 161 cm³/mol. The Hall–Kier alpha value is -4.43. The number of cyclic esters (lactones) is 1. The van der Waals surface area contributed by atoms with Gasteiger partial charge >= 0.3 is 5.97 Å². The van der Waals surface area contributed by atoms with Crippen molar-refractivity contribution in [3.05, 3.63) is 137 Å². The van der Waals surface area contributed by atoms with Crippen LogP contribution >= 0.6 is 0 Å². The SMILES string of the molecule is CN(c1cccc(C(C2=C(O)C(Cc3ccccc3)(Cc3ccccc3)OC2=O)C2CC2)c1)S(=O)(=O)c1ccccn1. The number of aliphatic hydroxyl groups excluding tert-OH is 1. The Bertz CT molecular complexity index is 1680. The Balaban J connectivity index is 1.41. The maximum absolute atomic E-state index is 13.7. The van der Waals surface area contributed by atoms with Crippen LogP contribution in [0.5, 0.6) is 0 Å². The van der Waals surface area contributed by atoms with E-state index in [0.717, 1.165) is 29.5 Å². The fourth-order valence-corrected chi connectivity index (χ4v) is 6.96. The highest BCUT2D eigenvalue weighted by molar-refractivity contribution is 7.92. The van der Waals surface area contributed by atoms with Crippen molar-refractivity contribution in [1.82, 2.24) is 4.98 Å². The summed E-state index contributed by atoms with van der Waals surface area (Å²) in [5.41, 5.74) is 2.10. The number of esters is 1. The van der Waals surface area contributed by atoms with Crippen molar-refractivity contribution in [3.8, 4) is 0 Å². The first-order chi connectivity index (χ1) is 20.3. The number of aromatic nitrogens is 1. The molecule has 0 radical (unpaired) electrons. The van der Waals surface area contributed by atoms with E-state index in [0.29, 0.717) is 18.5 Å². The standard InChI is InChI=1S/C34H32N2O5S/c1-36(42(39,40)29-17-8-9-20-35-29)28-16-10-15-27(21-28)30(26-18-19-26)31-32(37)34(41-33(31)38,22-24-11-4-2-5-12-24)23-25-13-6-3-7-14-25/h2-17,20-21,26,30,37H,18-19,22-23H2,1H3. The van der Waals surface area contributed by atoms with E-state index in [9.17, 15) is 18.3 Å². The molecule has 7 nitrogen and oxygen atoms in total. The third-order valence-corrected chi connectivity index (χ3v) is 9.82. The molecular weight excluding hydrogens is 548 g/mol. The second kappa shape index (κ2) is 11.1. The van der Waals surface area contributed by atoms with Gasteiger partial charge in [-0.1, -0.05) is 78.9 Å². The summed E-state index contributed by atoms with van der Waals surface area (Å²) in [6.45, 7) is 0. The third kappa shape index (κ3) is 5.30. The van der Waals surface area contributed by atoms with Crippen molar-refractivity contribution in [2.45, 2.75) is 42.2 Å². The van der Waals surface area contributed by atoms with Gasteiger partial charge in [-0.15, -0.1) is 0 Å². The van der Waals surface area contributed by atoms with Crippen molar-refractivity contribution in [1.29, 1.82) is 0 Å². The molecule has 2 aliphatic rings. The normalized spacial score (nSPS) is 17.1. The molecule has 42 heavy (non-hydrogen) atoms. The number of rotatable bonds is 10. The molecule has 6 rings (SSSR count). The summed E-state index contributed by atoms with van der Waals surface area (Å²) in [7, 11) is -2.41. The molecule has 0 spiro atoms. The molecule has 1 fully saturated rings. The van der Waals surface area contributed by atoms with Crippen molar-refractivity contribution in [3.63, 3.8) is 0 Å². The second-order valence-corrected chi connectivity index (χ2v) is 12.9. The molecule has 4 aromatic rings. The van der Waals surface area contributed by atoms with E-state index in [1.807, 2.05) is 66.7 Å². The van der Waals surface area contributed by atoms with Crippen LogP contribution in [0.25, 0.3) is 0 Å². The van der Waals surface area contributed by atoms with Crippen LogP contribution in [0.15, 0.2) is 126 Å². The average molecular weight is 581 g/mol. The van der Waals surface area contributed by atoms with E-state index in [1.54, 1.807) is 30.3 Å². The number of ether oxygens (including phenoxy) is 1. The minimum absolute atomic E-state index is 0.0445. The summed E-state index contributed by atoms with van der Waals surface area (Å²) in [5.74, 6) is -0.878. The highest BCUT2D eigenvalue weighted by Crippen LogP contribution is 2.52. The van der Waals surface area contributed by atoms with Crippen molar-refractivity contribution >= 4 is 21.7 Å². The lowest BCUT2D eigenvalue weighted by Gasteiger charge is -2.29. The Morgan fingerprint density at radius 1 is 0.905 bits per heavy atom. The molecule has 1 saturated carbocycles. The summed E-state index contributed by atoms with van der Waals surface area (Å²) in [6.07, 6.45) is 3.88. The van der Waals surface area contributed by atoms with Crippen LogP contribution in [-0.2, 0) is 32.4 Å². The molecule has 0 amide bonds. The van der Waals surface area contributed by atoms with Crippen LogP contribution in [0.1, 0.15) is 35.4 Å². The molecule has 1 aliphatic heterocycles. The number of anilines is 1. The first kappa shape index (κ1) is 27.7. The fraction of sp³-hybridized carbons (Fsp3) is 0.235. The summed E-state index contributed by atoms with van der Waals surface area (Å²) >= 11 is 0. The summed E-state index contributed by atoms with van der Waals surface area (Å²) in [6, 6.07) is 31.3. The van der Waals surface area contributed by atoms with Gasteiger partial charge in [0.2, 0.25) is 0 Å². The highest BCUT2D eigenvalue weighted by atomic mass is 32.2. The van der Waals surface area contributed by atoms with Crippen molar-refractivity contribution in [2.75, 3.05) is 11.4 Å². The second-order valence-electron chi connectivity index (χ2n) is 11.0.